The Kier molecular flexibility index (Phi) is 2.27. The molecule has 0 atom stereocenters. The van der Waals surface area contributed by atoms with Crippen LogP contribution in [0.2, 0.25) is 0 Å². The van der Waals surface area contributed by atoms with Crippen LogP contribution < -0.4 is 4.90 Å². The first kappa shape index (κ1) is 8.88. The fraction of sp³-hybridized carbons (Fsp3) is 0.167. The predicted octanol–water partition coefficient (Wildman–Crippen LogP) is 3.01. The first-order valence-electron chi connectivity index (χ1n) is 4.59. The lowest BCUT2D eigenvalue weighted by atomic mass is 10.1. The fourth-order valence-electron chi connectivity index (χ4n) is 1.50. The number of hydrogen-bond acceptors (Lipinski definition) is 2. The minimum absolute atomic E-state index is 0.911. The zero-order valence-electron chi connectivity index (χ0n) is 8.40. The van der Waals surface area contributed by atoms with Crippen LogP contribution in [0.1, 0.15) is 0 Å². The topological polar surface area (TPSA) is 16.4 Å². The van der Waals surface area contributed by atoms with Gasteiger partial charge in [-0.3, -0.25) is 0 Å². The molecule has 0 amide bonds. The molecule has 2 aromatic rings. The molecule has 14 heavy (non-hydrogen) atoms. The van der Waals surface area contributed by atoms with Gasteiger partial charge in [-0.15, -0.1) is 0 Å². The van der Waals surface area contributed by atoms with E-state index in [9.17, 15) is 0 Å². The lowest BCUT2D eigenvalue weighted by molar-refractivity contribution is 0.582. The fourth-order valence-corrected chi connectivity index (χ4v) is 1.50. The van der Waals surface area contributed by atoms with Gasteiger partial charge < -0.3 is 9.32 Å². The summed E-state index contributed by atoms with van der Waals surface area (Å²) in [5.41, 5.74) is 2.30. The Morgan fingerprint density at radius 3 is 2.43 bits per heavy atom. The van der Waals surface area contributed by atoms with Crippen molar-refractivity contribution in [2.24, 2.45) is 0 Å². The largest absolute Gasteiger partial charge is 0.464 e. The summed E-state index contributed by atoms with van der Waals surface area (Å²) in [6.45, 7) is 0. The van der Waals surface area contributed by atoms with Gasteiger partial charge in [0.25, 0.3) is 0 Å². The predicted molar refractivity (Wildman–Crippen MR) is 58.5 cm³/mol. The SMILES string of the molecule is CN(C)c1ccccc1-c1ccco1. The standard InChI is InChI=1S/C12H13NO/c1-13(2)11-7-4-3-6-10(11)12-8-5-9-14-12/h3-9H,1-2H3. The highest BCUT2D eigenvalue weighted by molar-refractivity contribution is 5.74. The van der Waals surface area contributed by atoms with Gasteiger partial charge in [-0.1, -0.05) is 12.1 Å². The summed E-state index contributed by atoms with van der Waals surface area (Å²) in [5.74, 6) is 0.911. The third-order valence-corrected chi connectivity index (χ3v) is 2.17. The third kappa shape index (κ3) is 1.51. The molecule has 0 radical (unpaired) electrons. The number of furan rings is 1. The highest BCUT2D eigenvalue weighted by Crippen LogP contribution is 2.29. The van der Waals surface area contributed by atoms with Gasteiger partial charge in [-0.2, -0.15) is 0 Å². The van der Waals surface area contributed by atoms with Crippen molar-refractivity contribution in [2.45, 2.75) is 0 Å². The van der Waals surface area contributed by atoms with Crippen molar-refractivity contribution in [3.63, 3.8) is 0 Å². The van der Waals surface area contributed by atoms with Gasteiger partial charge in [0.05, 0.1) is 6.26 Å². The molecule has 0 unspecified atom stereocenters. The van der Waals surface area contributed by atoms with Crippen molar-refractivity contribution in [3.05, 3.63) is 42.7 Å². The number of hydrogen-bond donors (Lipinski definition) is 0. The monoisotopic (exact) mass is 187 g/mol. The summed E-state index contributed by atoms with van der Waals surface area (Å²) in [6, 6.07) is 12.1. The lowest BCUT2D eigenvalue weighted by Gasteiger charge is -2.15. The summed E-state index contributed by atoms with van der Waals surface area (Å²) >= 11 is 0. The van der Waals surface area contributed by atoms with Crippen molar-refractivity contribution < 1.29 is 4.42 Å². The van der Waals surface area contributed by atoms with E-state index in [1.54, 1.807) is 6.26 Å². The van der Waals surface area contributed by atoms with E-state index in [4.69, 9.17) is 4.42 Å². The van der Waals surface area contributed by atoms with Gasteiger partial charge in [-0.25, -0.2) is 0 Å². The first-order chi connectivity index (χ1) is 6.79. The molecule has 1 aromatic heterocycles. The Morgan fingerprint density at radius 2 is 1.79 bits per heavy atom. The van der Waals surface area contributed by atoms with E-state index >= 15 is 0 Å². The maximum atomic E-state index is 5.38. The van der Waals surface area contributed by atoms with Crippen molar-refractivity contribution >= 4 is 5.69 Å². The van der Waals surface area contributed by atoms with E-state index in [-0.39, 0.29) is 0 Å². The molecule has 2 heteroatoms. The van der Waals surface area contributed by atoms with E-state index in [1.165, 1.54) is 5.69 Å². The molecular weight excluding hydrogens is 174 g/mol. The molecule has 0 fully saturated rings. The van der Waals surface area contributed by atoms with Crippen molar-refractivity contribution in [2.75, 3.05) is 19.0 Å². The number of rotatable bonds is 2. The van der Waals surface area contributed by atoms with Gasteiger partial charge in [0.2, 0.25) is 0 Å². The van der Waals surface area contributed by atoms with Crippen LogP contribution in [0.4, 0.5) is 5.69 Å². The van der Waals surface area contributed by atoms with Crippen LogP contribution in [0.25, 0.3) is 11.3 Å². The quantitative estimate of drug-likeness (QED) is 0.718. The van der Waals surface area contributed by atoms with Crippen molar-refractivity contribution in [1.82, 2.24) is 0 Å². The molecule has 0 aliphatic carbocycles. The van der Waals surface area contributed by atoms with E-state index in [1.807, 2.05) is 38.4 Å². The Labute approximate surface area is 83.8 Å². The second kappa shape index (κ2) is 3.58. The highest BCUT2D eigenvalue weighted by Gasteiger charge is 2.07. The molecule has 0 N–H and O–H groups in total. The molecule has 0 saturated carbocycles. The minimum atomic E-state index is 0.911. The average Bonchev–Trinajstić information content (AvgIpc) is 2.70. The summed E-state index contributed by atoms with van der Waals surface area (Å²) in [7, 11) is 4.06. The van der Waals surface area contributed by atoms with Crippen LogP contribution in [0.5, 0.6) is 0 Å². The molecule has 1 heterocycles. The third-order valence-electron chi connectivity index (χ3n) is 2.17. The normalized spacial score (nSPS) is 10.1. The van der Waals surface area contributed by atoms with Crippen LogP contribution in [0, 0.1) is 0 Å². The average molecular weight is 187 g/mol. The van der Waals surface area contributed by atoms with E-state index in [0.717, 1.165) is 11.3 Å². The van der Waals surface area contributed by atoms with Crippen LogP contribution >= 0.6 is 0 Å². The van der Waals surface area contributed by atoms with Gasteiger partial charge >= 0.3 is 0 Å². The van der Waals surface area contributed by atoms with Gasteiger partial charge in [0, 0.05) is 25.3 Å². The number of benzene rings is 1. The summed E-state index contributed by atoms with van der Waals surface area (Å²) < 4.78 is 5.38. The minimum Gasteiger partial charge on any atom is -0.464 e. The Bertz CT molecular complexity index is 404. The van der Waals surface area contributed by atoms with E-state index in [0.29, 0.717) is 0 Å². The Morgan fingerprint density at radius 1 is 1.00 bits per heavy atom. The smallest absolute Gasteiger partial charge is 0.135 e. The second-order valence-corrected chi connectivity index (χ2v) is 3.39. The van der Waals surface area contributed by atoms with Gasteiger partial charge in [-0.05, 0) is 24.3 Å². The molecular formula is C12H13NO. The maximum absolute atomic E-state index is 5.38. The Balaban J connectivity index is 2.53. The molecule has 0 spiro atoms. The second-order valence-electron chi connectivity index (χ2n) is 3.39. The van der Waals surface area contributed by atoms with Crippen LogP contribution in [-0.2, 0) is 0 Å². The lowest BCUT2D eigenvalue weighted by Crippen LogP contribution is -2.09. The highest BCUT2D eigenvalue weighted by atomic mass is 16.3. The first-order valence-corrected chi connectivity index (χ1v) is 4.59. The molecule has 0 bridgehead atoms. The number of anilines is 1. The number of nitrogens with zero attached hydrogens (tertiary/aromatic N) is 1. The Hall–Kier alpha value is -1.70. The molecule has 1 aromatic carbocycles. The molecule has 72 valence electrons. The van der Waals surface area contributed by atoms with E-state index in [2.05, 4.69) is 17.0 Å². The molecule has 2 rings (SSSR count). The van der Waals surface area contributed by atoms with Crippen molar-refractivity contribution in [1.29, 1.82) is 0 Å². The van der Waals surface area contributed by atoms with Crippen molar-refractivity contribution in [3.8, 4) is 11.3 Å². The molecule has 0 aliphatic heterocycles. The summed E-state index contributed by atoms with van der Waals surface area (Å²) in [6.07, 6.45) is 1.70. The zero-order valence-corrected chi connectivity index (χ0v) is 8.40. The molecule has 0 aliphatic rings. The van der Waals surface area contributed by atoms with Crippen LogP contribution in [0.15, 0.2) is 47.1 Å². The molecule has 0 saturated heterocycles. The number of para-hydroxylation sites is 1. The summed E-state index contributed by atoms with van der Waals surface area (Å²) in [5, 5.41) is 0. The maximum Gasteiger partial charge on any atom is 0.135 e. The summed E-state index contributed by atoms with van der Waals surface area (Å²) in [4.78, 5) is 2.08. The van der Waals surface area contributed by atoms with Gasteiger partial charge in [0.1, 0.15) is 5.76 Å². The zero-order chi connectivity index (χ0) is 9.97. The van der Waals surface area contributed by atoms with Crippen LogP contribution in [-0.4, -0.2) is 14.1 Å². The van der Waals surface area contributed by atoms with Crippen LogP contribution in [0.3, 0.4) is 0 Å². The molecule has 2 nitrogen and oxygen atoms in total. The van der Waals surface area contributed by atoms with Gasteiger partial charge in [0.15, 0.2) is 0 Å². The van der Waals surface area contributed by atoms with E-state index < -0.39 is 0 Å².